The first-order chi connectivity index (χ1) is 9.38. The van der Waals surface area contributed by atoms with Crippen LogP contribution in [0.2, 0.25) is 0 Å². The lowest BCUT2D eigenvalue weighted by molar-refractivity contribution is 0.318. The van der Waals surface area contributed by atoms with Crippen LogP contribution in [0.5, 0.6) is 5.75 Å². The Bertz CT molecular complexity index is 541. The van der Waals surface area contributed by atoms with Crippen LogP contribution in [0, 0.1) is 0 Å². The first kappa shape index (κ1) is 12.5. The minimum absolute atomic E-state index is 0.677. The highest BCUT2D eigenvalue weighted by molar-refractivity contribution is 5.85. The highest BCUT2D eigenvalue weighted by Crippen LogP contribution is 2.33. The molecule has 3 nitrogen and oxygen atoms in total. The minimum atomic E-state index is 0.677. The maximum atomic E-state index is 5.75. The molecule has 0 unspecified atom stereocenters. The lowest BCUT2D eigenvalue weighted by Gasteiger charge is -2.22. The molecule has 102 valence electrons. The number of piperidine rings is 1. The van der Waals surface area contributed by atoms with E-state index in [0.29, 0.717) is 5.92 Å². The Kier molecular flexibility index (Phi) is 3.74. The van der Waals surface area contributed by atoms with E-state index in [1.54, 1.807) is 0 Å². The van der Waals surface area contributed by atoms with Crippen LogP contribution in [0.3, 0.4) is 0 Å². The van der Waals surface area contributed by atoms with Gasteiger partial charge in [0.1, 0.15) is 5.75 Å². The fourth-order valence-corrected chi connectivity index (χ4v) is 2.90. The van der Waals surface area contributed by atoms with Crippen molar-refractivity contribution in [2.75, 3.05) is 19.7 Å². The summed E-state index contributed by atoms with van der Waals surface area (Å²) in [5, 5.41) is 4.76. The third kappa shape index (κ3) is 2.61. The van der Waals surface area contributed by atoms with Gasteiger partial charge in [0.2, 0.25) is 0 Å². The second kappa shape index (κ2) is 5.66. The van der Waals surface area contributed by atoms with Crippen LogP contribution in [-0.2, 0) is 0 Å². The number of hydrogen-bond acceptors (Lipinski definition) is 2. The van der Waals surface area contributed by atoms with Crippen molar-refractivity contribution in [2.24, 2.45) is 0 Å². The van der Waals surface area contributed by atoms with E-state index >= 15 is 0 Å². The van der Waals surface area contributed by atoms with Crippen molar-refractivity contribution in [1.29, 1.82) is 0 Å². The molecule has 1 aromatic carbocycles. The Hall–Kier alpha value is -1.48. The predicted molar refractivity (Wildman–Crippen MR) is 78.9 cm³/mol. The topological polar surface area (TPSA) is 37.0 Å². The predicted octanol–water partition coefficient (Wildman–Crippen LogP) is 3.42. The van der Waals surface area contributed by atoms with E-state index in [1.807, 2.05) is 0 Å². The fourth-order valence-electron chi connectivity index (χ4n) is 2.90. The Morgan fingerprint density at radius 3 is 2.89 bits per heavy atom. The SMILES string of the molecule is CCCOc1ccc2[nH]cc(C3CCNCC3)c2c1. The summed E-state index contributed by atoms with van der Waals surface area (Å²) in [5.41, 5.74) is 2.68. The van der Waals surface area contributed by atoms with Crippen molar-refractivity contribution in [1.82, 2.24) is 10.3 Å². The van der Waals surface area contributed by atoms with Gasteiger partial charge < -0.3 is 15.0 Å². The van der Waals surface area contributed by atoms with Gasteiger partial charge in [0, 0.05) is 17.1 Å². The van der Waals surface area contributed by atoms with Gasteiger partial charge in [-0.15, -0.1) is 0 Å². The third-order valence-corrected chi connectivity index (χ3v) is 3.94. The normalized spacial score (nSPS) is 16.9. The maximum absolute atomic E-state index is 5.75. The monoisotopic (exact) mass is 258 g/mol. The lowest BCUT2D eigenvalue weighted by Crippen LogP contribution is -2.26. The summed E-state index contributed by atoms with van der Waals surface area (Å²) in [6.45, 7) is 5.18. The molecule has 1 aliphatic heterocycles. The van der Waals surface area contributed by atoms with Crippen LogP contribution >= 0.6 is 0 Å². The average Bonchev–Trinajstić information content (AvgIpc) is 2.89. The van der Waals surface area contributed by atoms with Crippen LogP contribution in [0.1, 0.15) is 37.7 Å². The van der Waals surface area contributed by atoms with E-state index in [-0.39, 0.29) is 0 Å². The molecule has 0 amide bonds. The number of benzene rings is 1. The van der Waals surface area contributed by atoms with Gasteiger partial charge in [-0.2, -0.15) is 0 Å². The summed E-state index contributed by atoms with van der Waals surface area (Å²) in [5.74, 6) is 1.67. The summed E-state index contributed by atoms with van der Waals surface area (Å²) >= 11 is 0. The molecule has 19 heavy (non-hydrogen) atoms. The van der Waals surface area contributed by atoms with Gasteiger partial charge in [-0.3, -0.25) is 0 Å². The Balaban J connectivity index is 1.90. The number of fused-ring (bicyclic) bond motifs is 1. The number of aromatic amines is 1. The highest BCUT2D eigenvalue weighted by Gasteiger charge is 2.18. The zero-order valence-corrected chi connectivity index (χ0v) is 11.5. The van der Waals surface area contributed by atoms with Gasteiger partial charge >= 0.3 is 0 Å². The van der Waals surface area contributed by atoms with E-state index in [2.05, 4.69) is 41.6 Å². The molecule has 2 N–H and O–H groups in total. The molecule has 0 spiro atoms. The number of hydrogen-bond donors (Lipinski definition) is 2. The number of rotatable bonds is 4. The van der Waals surface area contributed by atoms with Crippen LogP contribution in [0.15, 0.2) is 24.4 Å². The second-order valence-corrected chi connectivity index (χ2v) is 5.32. The lowest BCUT2D eigenvalue weighted by atomic mass is 9.90. The van der Waals surface area contributed by atoms with Gasteiger partial charge in [0.15, 0.2) is 0 Å². The van der Waals surface area contributed by atoms with Crippen molar-refractivity contribution in [3.63, 3.8) is 0 Å². The molecule has 1 aliphatic rings. The molecule has 0 atom stereocenters. The van der Waals surface area contributed by atoms with Gasteiger partial charge in [0.25, 0.3) is 0 Å². The molecular formula is C16H22N2O. The number of aromatic nitrogens is 1. The minimum Gasteiger partial charge on any atom is -0.494 e. The molecular weight excluding hydrogens is 236 g/mol. The van der Waals surface area contributed by atoms with E-state index in [0.717, 1.165) is 31.9 Å². The number of ether oxygens (including phenoxy) is 1. The van der Waals surface area contributed by atoms with Gasteiger partial charge in [0.05, 0.1) is 6.61 Å². The second-order valence-electron chi connectivity index (χ2n) is 5.32. The smallest absolute Gasteiger partial charge is 0.120 e. The Morgan fingerprint density at radius 2 is 2.11 bits per heavy atom. The third-order valence-electron chi connectivity index (χ3n) is 3.94. The molecule has 2 heterocycles. The summed E-state index contributed by atoms with van der Waals surface area (Å²) in [4.78, 5) is 3.39. The highest BCUT2D eigenvalue weighted by atomic mass is 16.5. The van der Waals surface area contributed by atoms with E-state index in [1.165, 1.54) is 29.3 Å². The standard InChI is InChI=1S/C16H22N2O/c1-2-9-19-13-3-4-16-14(10-13)15(11-18-16)12-5-7-17-8-6-12/h3-4,10-12,17-18H,2,5-9H2,1H3. The van der Waals surface area contributed by atoms with Gasteiger partial charge in [-0.25, -0.2) is 0 Å². The van der Waals surface area contributed by atoms with Crippen molar-refractivity contribution < 1.29 is 4.74 Å². The summed E-state index contributed by atoms with van der Waals surface area (Å²) in [6, 6.07) is 6.38. The quantitative estimate of drug-likeness (QED) is 0.881. The van der Waals surface area contributed by atoms with Crippen LogP contribution < -0.4 is 10.1 Å². The summed E-state index contributed by atoms with van der Waals surface area (Å²) in [7, 11) is 0. The van der Waals surface area contributed by atoms with E-state index < -0.39 is 0 Å². The molecule has 1 fully saturated rings. The van der Waals surface area contributed by atoms with Crippen LogP contribution in [0.4, 0.5) is 0 Å². The van der Waals surface area contributed by atoms with E-state index in [9.17, 15) is 0 Å². The number of nitrogens with one attached hydrogen (secondary N) is 2. The van der Waals surface area contributed by atoms with Crippen molar-refractivity contribution in [2.45, 2.75) is 32.1 Å². The molecule has 3 rings (SSSR count). The molecule has 0 aliphatic carbocycles. The maximum Gasteiger partial charge on any atom is 0.120 e. The van der Waals surface area contributed by atoms with Crippen LogP contribution in [-0.4, -0.2) is 24.7 Å². The molecule has 0 saturated carbocycles. The largest absolute Gasteiger partial charge is 0.494 e. The summed E-state index contributed by atoms with van der Waals surface area (Å²) in [6.07, 6.45) is 5.69. The zero-order valence-electron chi connectivity index (χ0n) is 11.5. The van der Waals surface area contributed by atoms with Gasteiger partial charge in [-0.1, -0.05) is 6.92 Å². The Morgan fingerprint density at radius 1 is 1.26 bits per heavy atom. The summed E-state index contributed by atoms with van der Waals surface area (Å²) < 4.78 is 5.75. The molecule has 2 aromatic rings. The molecule has 3 heteroatoms. The first-order valence-electron chi connectivity index (χ1n) is 7.33. The zero-order chi connectivity index (χ0) is 13.1. The van der Waals surface area contributed by atoms with Crippen LogP contribution in [0.25, 0.3) is 10.9 Å². The van der Waals surface area contributed by atoms with Crippen molar-refractivity contribution in [3.8, 4) is 5.75 Å². The molecule has 1 aromatic heterocycles. The fraction of sp³-hybridized carbons (Fsp3) is 0.500. The molecule has 0 radical (unpaired) electrons. The van der Waals surface area contributed by atoms with Crippen molar-refractivity contribution in [3.05, 3.63) is 30.0 Å². The molecule has 1 saturated heterocycles. The first-order valence-corrected chi connectivity index (χ1v) is 7.33. The Labute approximate surface area is 114 Å². The number of H-pyrrole nitrogens is 1. The average molecular weight is 258 g/mol. The molecule has 0 bridgehead atoms. The van der Waals surface area contributed by atoms with E-state index in [4.69, 9.17) is 4.74 Å². The van der Waals surface area contributed by atoms with Gasteiger partial charge in [-0.05, 0) is 62.0 Å². The van der Waals surface area contributed by atoms with Crippen molar-refractivity contribution >= 4 is 10.9 Å².